The van der Waals surface area contributed by atoms with E-state index in [2.05, 4.69) is 15.6 Å². The first-order valence-electron chi connectivity index (χ1n) is 10.5. The van der Waals surface area contributed by atoms with Gasteiger partial charge in [-0.15, -0.1) is 0 Å². The maximum atomic E-state index is 12.8. The van der Waals surface area contributed by atoms with Gasteiger partial charge in [-0.05, 0) is 73.2 Å². The average molecular weight is 479 g/mol. The highest BCUT2D eigenvalue weighted by atomic mass is 32.1. The summed E-state index contributed by atoms with van der Waals surface area (Å²) in [5.41, 5.74) is 1.74. The van der Waals surface area contributed by atoms with Gasteiger partial charge in [0.05, 0.1) is 17.2 Å². The molecule has 0 radical (unpaired) electrons. The lowest BCUT2D eigenvalue weighted by molar-refractivity contribution is 0.0994. The molecule has 0 aliphatic carbocycles. The summed E-state index contributed by atoms with van der Waals surface area (Å²) in [5.74, 6) is -0.514. The Kier molecular flexibility index (Phi) is 7.00. The summed E-state index contributed by atoms with van der Waals surface area (Å²) in [6.07, 6.45) is 2.08. The van der Waals surface area contributed by atoms with Crippen LogP contribution < -0.4 is 16.2 Å². The number of furan rings is 1. The SMILES string of the molecule is COCCCn1c(=S)[nH]c2cc(C(=O)Nc3ccc(NC(=O)c4ccco4)cc3)ccc2c1=O. The van der Waals surface area contributed by atoms with Crippen LogP contribution >= 0.6 is 12.2 Å². The zero-order chi connectivity index (χ0) is 24.1. The third kappa shape index (κ3) is 5.13. The number of nitrogens with one attached hydrogen (secondary N) is 3. The summed E-state index contributed by atoms with van der Waals surface area (Å²) < 4.78 is 11.9. The van der Waals surface area contributed by atoms with E-state index < -0.39 is 0 Å². The van der Waals surface area contributed by atoms with Crippen LogP contribution in [-0.2, 0) is 11.3 Å². The molecule has 3 N–H and O–H groups in total. The van der Waals surface area contributed by atoms with Gasteiger partial charge in [0.15, 0.2) is 10.5 Å². The molecule has 2 heterocycles. The van der Waals surface area contributed by atoms with E-state index in [0.717, 1.165) is 0 Å². The van der Waals surface area contributed by atoms with Gasteiger partial charge in [-0.1, -0.05) is 0 Å². The van der Waals surface area contributed by atoms with E-state index in [1.165, 1.54) is 10.8 Å². The van der Waals surface area contributed by atoms with Gasteiger partial charge in [0, 0.05) is 37.2 Å². The Bertz CT molecular complexity index is 1440. The maximum Gasteiger partial charge on any atom is 0.291 e. The molecule has 4 rings (SSSR count). The number of aromatic nitrogens is 2. The van der Waals surface area contributed by atoms with Crippen molar-refractivity contribution in [1.29, 1.82) is 0 Å². The Balaban J connectivity index is 1.47. The molecule has 4 aromatic rings. The average Bonchev–Trinajstić information content (AvgIpc) is 3.37. The zero-order valence-electron chi connectivity index (χ0n) is 18.3. The first-order chi connectivity index (χ1) is 16.5. The number of H-pyrrole nitrogens is 1. The highest BCUT2D eigenvalue weighted by Crippen LogP contribution is 2.17. The van der Waals surface area contributed by atoms with Gasteiger partial charge in [0.2, 0.25) is 0 Å². The van der Waals surface area contributed by atoms with Crippen molar-refractivity contribution < 1.29 is 18.7 Å². The van der Waals surface area contributed by atoms with Crippen LogP contribution in [0.2, 0.25) is 0 Å². The van der Waals surface area contributed by atoms with Crippen molar-refractivity contribution in [1.82, 2.24) is 9.55 Å². The van der Waals surface area contributed by atoms with Crippen LogP contribution in [0.5, 0.6) is 0 Å². The quantitative estimate of drug-likeness (QED) is 0.258. The molecule has 10 heteroatoms. The molecular formula is C24H22N4O5S. The molecule has 34 heavy (non-hydrogen) atoms. The van der Waals surface area contributed by atoms with Gasteiger partial charge in [-0.3, -0.25) is 19.0 Å². The lowest BCUT2D eigenvalue weighted by atomic mass is 10.1. The smallest absolute Gasteiger partial charge is 0.291 e. The van der Waals surface area contributed by atoms with E-state index in [0.29, 0.717) is 52.2 Å². The fourth-order valence-corrected chi connectivity index (χ4v) is 3.69. The molecule has 2 amide bonds. The summed E-state index contributed by atoms with van der Waals surface area (Å²) in [5, 5.41) is 5.95. The molecule has 174 valence electrons. The number of amides is 2. The number of methoxy groups -OCH3 is 1. The summed E-state index contributed by atoms with van der Waals surface area (Å²) >= 11 is 5.33. The van der Waals surface area contributed by atoms with E-state index in [1.807, 2.05) is 0 Å². The Morgan fingerprint density at radius 3 is 2.41 bits per heavy atom. The third-order valence-electron chi connectivity index (χ3n) is 5.12. The van der Waals surface area contributed by atoms with E-state index in [1.54, 1.807) is 61.7 Å². The summed E-state index contributed by atoms with van der Waals surface area (Å²) in [6.45, 7) is 0.966. The van der Waals surface area contributed by atoms with Crippen molar-refractivity contribution in [2.24, 2.45) is 0 Å². The van der Waals surface area contributed by atoms with Crippen molar-refractivity contribution in [3.63, 3.8) is 0 Å². The molecule has 0 aliphatic heterocycles. The van der Waals surface area contributed by atoms with Crippen LogP contribution in [0.1, 0.15) is 27.3 Å². The zero-order valence-corrected chi connectivity index (χ0v) is 19.1. The maximum absolute atomic E-state index is 12.8. The molecule has 2 aromatic carbocycles. The Morgan fingerprint density at radius 1 is 1.06 bits per heavy atom. The second-order valence-electron chi connectivity index (χ2n) is 7.46. The minimum atomic E-state index is -0.368. The topological polar surface area (TPSA) is 118 Å². The summed E-state index contributed by atoms with van der Waals surface area (Å²) in [4.78, 5) is 40.6. The second kappa shape index (κ2) is 10.3. The van der Waals surface area contributed by atoms with Crippen LogP contribution in [-0.4, -0.2) is 35.1 Å². The van der Waals surface area contributed by atoms with E-state index in [9.17, 15) is 14.4 Å². The number of nitrogens with zero attached hydrogens (tertiary/aromatic N) is 1. The Hall–Kier alpha value is -4.02. The number of carbonyl (C=O) groups excluding carboxylic acids is 2. The fourth-order valence-electron chi connectivity index (χ4n) is 3.41. The van der Waals surface area contributed by atoms with Gasteiger partial charge in [-0.2, -0.15) is 0 Å². The van der Waals surface area contributed by atoms with Gasteiger partial charge in [-0.25, -0.2) is 0 Å². The number of rotatable bonds is 8. The largest absolute Gasteiger partial charge is 0.459 e. The normalized spacial score (nSPS) is 10.9. The van der Waals surface area contributed by atoms with Gasteiger partial charge < -0.3 is 24.8 Å². The Morgan fingerprint density at radius 2 is 1.76 bits per heavy atom. The molecule has 0 atom stereocenters. The van der Waals surface area contributed by atoms with Crippen LogP contribution in [0.4, 0.5) is 11.4 Å². The van der Waals surface area contributed by atoms with Crippen LogP contribution in [0, 0.1) is 4.77 Å². The molecule has 0 bridgehead atoms. The molecule has 0 saturated carbocycles. The van der Waals surface area contributed by atoms with Crippen LogP contribution in [0.15, 0.2) is 70.1 Å². The highest BCUT2D eigenvalue weighted by molar-refractivity contribution is 7.71. The van der Waals surface area contributed by atoms with E-state index in [-0.39, 0.29) is 23.1 Å². The lowest BCUT2D eigenvalue weighted by Gasteiger charge is -2.10. The van der Waals surface area contributed by atoms with Crippen molar-refractivity contribution in [2.45, 2.75) is 13.0 Å². The second-order valence-corrected chi connectivity index (χ2v) is 7.84. The molecule has 0 unspecified atom stereocenters. The van der Waals surface area contributed by atoms with Crippen molar-refractivity contribution in [3.8, 4) is 0 Å². The molecule has 0 aliphatic rings. The molecule has 0 saturated heterocycles. The molecule has 0 spiro atoms. The predicted octanol–water partition coefficient (Wildman–Crippen LogP) is 4.19. The van der Waals surface area contributed by atoms with E-state index >= 15 is 0 Å². The molecular weight excluding hydrogens is 456 g/mol. The first-order valence-corrected chi connectivity index (χ1v) is 10.9. The third-order valence-corrected chi connectivity index (χ3v) is 5.44. The number of anilines is 2. The van der Waals surface area contributed by atoms with Gasteiger partial charge in [0.1, 0.15) is 0 Å². The number of carbonyl (C=O) groups is 2. The highest BCUT2D eigenvalue weighted by Gasteiger charge is 2.12. The molecule has 9 nitrogen and oxygen atoms in total. The summed E-state index contributed by atoms with van der Waals surface area (Å²) in [6, 6.07) is 14.7. The van der Waals surface area contributed by atoms with E-state index in [4.69, 9.17) is 21.4 Å². The van der Waals surface area contributed by atoms with Crippen molar-refractivity contribution in [3.05, 3.63) is 87.3 Å². The van der Waals surface area contributed by atoms with Crippen LogP contribution in [0.25, 0.3) is 10.9 Å². The number of hydrogen-bond acceptors (Lipinski definition) is 6. The Labute approximate surface area is 199 Å². The first kappa shape index (κ1) is 23.1. The molecule has 0 fully saturated rings. The fraction of sp³-hybridized carbons (Fsp3) is 0.167. The van der Waals surface area contributed by atoms with Crippen molar-refractivity contribution in [2.75, 3.05) is 24.4 Å². The molecule has 2 aromatic heterocycles. The van der Waals surface area contributed by atoms with Crippen molar-refractivity contribution >= 4 is 46.3 Å². The standard InChI is InChI=1S/C24H22N4O5S/c1-32-12-3-11-28-23(31)18-10-5-15(14-19(18)27-24(28)34)21(29)25-16-6-8-17(9-7-16)26-22(30)20-4-2-13-33-20/h2,4-10,13-14H,3,11-12H2,1H3,(H,25,29)(H,26,30)(H,27,34). The van der Waals surface area contributed by atoms with Gasteiger partial charge >= 0.3 is 0 Å². The number of ether oxygens (including phenoxy) is 1. The van der Waals surface area contributed by atoms with Gasteiger partial charge in [0.25, 0.3) is 17.4 Å². The van der Waals surface area contributed by atoms with Crippen LogP contribution in [0.3, 0.4) is 0 Å². The minimum Gasteiger partial charge on any atom is -0.459 e. The number of aromatic amines is 1. The minimum absolute atomic E-state index is 0.203. The number of benzene rings is 2. The summed E-state index contributed by atoms with van der Waals surface area (Å²) in [7, 11) is 1.60. The monoisotopic (exact) mass is 478 g/mol. The lowest BCUT2D eigenvalue weighted by Crippen LogP contribution is -2.23. The number of fused-ring (bicyclic) bond motifs is 1. The number of hydrogen-bond donors (Lipinski definition) is 3. The predicted molar refractivity (Wildman–Crippen MR) is 131 cm³/mol.